The van der Waals surface area contributed by atoms with Crippen LogP contribution in [0.15, 0.2) is 109 Å². The fourth-order valence-electron chi connectivity index (χ4n) is 5.31. The van der Waals surface area contributed by atoms with E-state index in [4.69, 9.17) is 31.7 Å². The van der Waals surface area contributed by atoms with Crippen LogP contribution in [0, 0.1) is 0 Å². The number of nitrogens with zero attached hydrogens (tertiary/aromatic N) is 1. The third-order valence-electron chi connectivity index (χ3n) is 9.62. The van der Waals surface area contributed by atoms with Gasteiger partial charge in [0.15, 0.2) is 0 Å². The Balaban J connectivity index is 0.000000902. The van der Waals surface area contributed by atoms with E-state index < -0.39 is 0 Å². The first kappa shape index (κ1) is 145. The molecule has 0 amide bonds. The molecule has 0 bridgehead atoms. The van der Waals surface area contributed by atoms with Crippen molar-refractivity contribution in [2.75, 3.05) is 4.90 Å². The Morgan fingerprint density at radius 3 is 0.448 bits per heavy atom. The molecule has 0 unspecified atom stereocenters. The molecule has 5 rings (SSSR count). The SMILES string of the molecule is CC1(C)OB(c2ccc(N(c3ccccc3)c3ccc(-c4ccccc4)cc3)cc2)OC1(C)C.S=S=S=S=S=S=S=S=S=S=S=S=S=S=S=S=S=S=S=S=S=S=S=S=S=S=S=S=S=S=S=S=S=S=S=S=S=S=S=S=S=S=S=S=S=S=S=S=S=S=S=S=S=S=S=S=S=S=S=S=S=S=S=S=S=S=S=S=S=S=S=S=S=S=S=S=S=S=S=S=S=S=S=S=S=S=S=S=S=S=S=S=S=S=S=S=S=S=S=S. The molecule has 0 saturated carbocycles. The number of rotatable bonds is 5. The molecule has 1 fully saturated rings. The second kappa shape index (κ2) is 115. The van der Waals surface area contributed by atoms with Gasteiger partial charge in [-0.1, -0.05) is 72.8 Å². The number of hydrogen-bond acceptors (Lipinski definition) is 5. The summed E-state index contributed by atoms with van der Waals surface area (Å²) < 4.78 is 12.5. The van der Waals surface area contributed by atoms with Crippen molar-refractivity contribution in [1.29, 1.82) is 0 Å². The van der Waals surface area contributed by atoms with E-state index in [0.717, 1.165) is 22.5 Å². The highest BCUT2D eigenvalue weighted by Crippen LogP contribution is 2.38. The molecular formula is C30H30BNO2S100. The van der Waals surface area contributed by atoms with Gasteiger partial charge in [0.1, 0.15) is 0 Å². The second-order valence-electron chi connectivity index (χ2n) is 16.4. The van der Waals surface area contributed by atoms with Crippen LogP contribution in [-0.2, 0) is 902 Å². The lowest BCUT2D eigenvalue weighted by molar-refractivity contribution is 0.00578. The summed E-state index contributed by atoms with van der Waals surface area (Å²) in [6, 6.07) is 38.1. The molecule has 0 aromatic heterocycles. The second-order valence-corrected chi connectivity index (χ2v) is 190. The van der Waals surface area contributed by atoms with Crippen LogP contribution in [0.3, 0.4) is 0 Å². The summed E-state index contributed by atoms with van der Waals surface area (Å²) >= 11 is 9.66. The van der Waals surface area contributed by atoms with Gasteiger partial charge in [-0.15, -0.1) is 0 Å². The van der Waals surface area contributed by atoms with E-state index in [9.17, 15) is 0 Å². The van der Waals surface area contributed by atoms with Crippen molar-refractivity contribution >= 4 is 922 Å². The fraction of sp³-hybridized carbons (Fsp3) is 0.200. The van der Waals surface area contributed by atoms with Gasteiger partial charge in [0.2, 0.25) is 0 Å². The lowest BCUT2D eigenvalue weighted by Crippen LogP contribution is -2.41. The average molecular weight is 3650 g/mol. The molecule has 770 valence electrons. The standard InChI is InChI=1S/C30H30BNO2.S100/c1-29(2)30(3,4)34-31(33-29)25-17-21-28(22-18-25)32(26-13-9-6-10-14-26)27-19-15-24(16-20-27)23-11-7-5-8-12-23;1-3-5-7-9-11-13-15-17-19-21-23-25-27-29-31-33-35-37-39-41-43-45-47-49-51-53-55-57-59-61-63-65-67-69-71-73-75-77-79-81-83-85-87-89-91-93-95-97-99-100-98-96-94-92-90-88-86-84-82-80-78-76-74-72-70-68-66-64-62-60-58-56-54-52-50-48-46-44-42-40-38-36-34-32-30-28-26-24-22-20-18-16-14-12-10-8-6-4-2/h5-22H,1-4H3;. The van der Waals surface area contributed by atoms with Gasteiger partial charge in [0.25, 0.3) is 0 Å². The van der Waals surface area contributed by atoms with E-state index in [1.165, 1.54) is 28.9 Å². The number of anilines is 3. The molecule has 0 atom stereocenters. The Bertz CT molecular complexity index is 9620. The predicted molar refractivity (Wildman–Crippen MR) is 879 cm³/mol. The van der Waals surface area contributed by atoms with Crippen molar-refractivity contribution in [3.05, 3.63) is 109 Å². The third kappa shape index (κ3) is 92.8. The molecule has 1 aliphatic rings. The van der Waals surface area contributed by atoms with Crippen LogP contribution < -0.4 is 10.4 Å². The first-order valence-electron chi connectivity index (χ1n) is 28.3. The Kier molecular flexibility index (Phi) is 125. The molecule has 0 N–H and O–H groups in total. The summed E-state index contributed by atoms with van der Waals surface area (Å²) in [7, 11) is 177. The van der Waals surface area contributed by atoms with E-state index >= 15 is 0 Å². The molecule has 4 aromatic carbocycles. The molecule has 134 heavy (non-hydrogen) atoms. The Morgan fingerprint density at radius 2 is 0.291 bits per heavy atom. The van der Waals surface area contributed by atoms with Crippen molar-refractivity contribution in [3.8, 4) is 11.1 Å². The highest BCUT2D eigenvalue weighted by Gasteiger charge is 2.51. The maximum atomic E-state index is 6.24. The molecule has 4 aromatic rings. The zero-order valence-corrected chi connectivity index (χ0v) is 143. The van der Waals surface area contributed by atoms with E-state index in [-0.39, 0.29) is 18.3 Å². The molecule has 0 radical (unpaired) electrons. The van der Waals surface area contributed by atoms with Crippen LogP contribution in [0.25, 0.3) is 11.1 Å². The smallest absolute Gasteiger partial charge is 0.399 e. The molecule has 1 aliphatic heterocycles. The van der Waals surface area contributed by atoms with Gasteiger partial charge < -0.3 is 14.2 Å². The minimum atomic E-state index is -0.366. The Hall–Kier alpha value is 18.7. The first-order valence-corrected chi connectivity index (χ1v) is 160. The van der Waals surface area contributed by atoms with E-state index in [2.05, 4.69) is 130 Å². The zero-order valence-electron chi connectivity index (χ0n) is 61.1. The molecule has 1 heterocycles. The monoisotopic (exact) mass is 3640 g/mol. The van der Waals surface area contributed by atoms with E-state index in [1.54, 1.807) is 107 Å². The van der Waals surface area contributed by atoms with Crippen LogP contribution >= 0.6 is 0 Å². The molecule has 1 saturated heterocycles. The summed E-state index contributed by atoms with van der Waals surface area (Å²) in [4.78, 5) is 2.27. The summed E-state index contributed by atoms with van der Waals surface area (Å²) in [5.74, 6) is 0. The fourth-order valence-corrected chi connectivity index (χ4v) is 269. The third-order valence-corrected chi connectivity index (χ3v) is 225. The van der Waals surface area contributed by atoms with Gasteiger partial charge in [-0.3, -0.25) is 0 Å². The summed E-state index contributed by atoms with van der Waals surface area (Å²) in [6.45, 7) is 8.32. The largest absolute Gasteiger partial charge is 0.494 e. The van der Waals surface area contributed by atoms with E-state index in [0.29, 0.717) is 0 Å². The van der Waals surface area contributed by atoms with Gasteiger partial charge in [-0.05, 0) is 80.7 Å². The summed E-state index contributed by atoms with van der Waals surface area (Å²) in [6.07, 6.45) is 0. The van der Waals surface area contributed by atoms with Gasteiger partial charge in [0, 0.05) is 910 Å². The Morgan fingerprint density at radius 1 is 0.164 bits per heavy atom. The van der Waals surface area contributed by atoms with Crippen molar-refractivity contribution in [3.63, 3.8) is 0 Å². The van der Waals surface area contributed by atoms with Gasteiger partial charge in [-0.2, -0.15) is 0 Å². The normalized spacial score (nSPS) is 10.0. The first-order chi connectivity index (χ1) is 66.3. The lowest BCUT2D eigenvalue weighted by Gasteiger charge is -2.32. The number of para-hydroxylation sites is 1. The minimum absolute atomic E-state index is 0.354. The minimum Gasteiger partial charge on any atom is -0.399 e. The number of benzene rings is 4. The summed E-state index contributed by atoms with van der Waals surface area (Å²) in [5.41, 5.74) is 6.03. The van der Waals surface area contributed by atoms with Crippen molar-refractivity contribution < 1.29 is 9.31 Å². The highest BCUT2D eigenvalue weighted by atomic mass is 33.6. The maximum absolute atomic E-state index is 6.24. The molecule has 0 spiro atoms. The molecular weight excluding hydrogens is 3620 g/mol. The molecule has 0 aliphatic carbocycles. The van der Waals surface area contributed by atoms with Crippen LogP contribution in [0.4, 0.5) is 17.1 Å². The van der Waals surface area contributed by atoms with Crippen LogP contribution in [0.1, 0.15) is 27.7 Å². The highest BCUT2D eigenvalue weighted by molar-refractivity contribution is 8.87. The topological polar surface area (TPSA) is 21.7 Å². The van der Waals surface area contributed by atoms with E-state index in [1.807, 2.05) is 758 Å². The van der Waals surface area contributed by atoms with Gasteiger partial charge >= 0.3 is 7.12 Å². The van der Waals surface area contributed by atoms with Gasteiger partial charge in [-0.25, -0.2) is 0 Å². The van der Waals surface area contributed by atoms with Crippen LogP contribution in [0.2, 0.25) is 0 Å². The van der Waals surface area contributed by atoms with Crippen molar-refractivity contribution in [1.82, 2.24) is 0 Å². The van der Waals surface area contributed by atoms with Gasteiger partial charge in [0.05, 0.1) is 11.2 Å². The Labute approximate surface area is 1070 Å². The zero-order chi connectivity index (χ0) is 95.1. The number of hydrogen-bond donors (Lipinski definition) is 0. The average Bonchev–Trinajstić information content (AvgIpc) is 1.61. The van der Waals surface area contributed by atoms with Crippen LogP contribution in [-0.4, -0.2) is 18.3 Å². The quantitative estimate of drug-likeness (QED) is 0.203. The molecule has 104 heteroatoms. The lowest BCUT2D eigenvalue weighted by atomic mass is 9.79. The maximum Gasteiger partial charge on any atom is 0.494 e. The van der Waals surface area contributed by atoms with Crippen molar-refractivity contribution in [2.45, 2.75) is 38.9 Å². The van der Waals surface area contributed by atoms with Crippen molar-refractivity contribution in [2.24, 2.45) is 0 Å². The van der Waals surface area contributed by atoms with Crippen LogP contribution in [0.5, 0.6) is 0 Å². The molecule has 3 nitrogen and oxygen atoms in total. The summed E-state index contributed by atoms with van der Waals surface area (Å²) in [5, 5.41) is 0. The predicted octanol–water partition coefficient (Wildman–Crippen LogP) is 6.88.